The van der Waals surface area contributed by atoms with Crippen molar-refractivity contribution in [2.45, 2.75) is 77.9 Å². The summed E-state index contributed by atoms with van der Waals surface area (Å²) in [5.74, 6) is -0.0783. The standard InChI is InChI=1S/C33H43N3O5S/c1-8-25(5)34-33(38)30(9-2)35(21-27-15-17-28(41-7)18-16-27)32(37)22-36(31-12-10-11-24(4)26(31)6)42(39,40)29-19-13-23(3)14-20-29/h10-20,25,30H,8-9,21-22H2,1-7H3,(H,34,38). The van der Waals surface area contributed by atoms with Crippen LogP contribution in [0.2, 0.25) is 0 Å². The molecule has 0 spiro atoms. The molecule has 0 aliphatic carbocycles. The van der Waals surface area contributed by atoms with E-state index in [1.54, 1.807) is 55.6 Å². The van der Waals surface area contributed by atoms with Crippen LogP contribution in [0, 0.1) is 20.8 Å². The molecule has 0 aliphatic heterocycles. The van der Waals surface area contributed by atoms with E-state index in [4.69, 9.17) is 4.74 Å². The van der Waals surface area contributed by atoms with Gasteiger partial charge in [0.1, 0.15) is 18.3 Å². The van der Waals surface area contributed by atoms with E-state index in [2.05, 4.69) is 5.32 Å². The first kappa shape index (κ1) is 32.7. The number of benzene rings is 3. The molecule has 3 aromatic rings. The van der Waals surface area contributed by atoms with E-state index >= 15 is 0 Å². The summed E-state index contributed by atoms with van der Waals surface area (Å²) in [5, 5.41) is 3.00. The molecule has 0 radical (unpaired) electrons. The average Bonchev–Trinajstić information content (AvgIpc) is 2.97. The molecule has 2 atom stereocenters. The Morgan fingerprint density at radius 3 is 2.12 bits per heavy atom. The van der Waals surface area contributed by atoms with Gasteiger partial charge in [0.15, 0.2) is 0 Å². The molecular formula is C33H43N3O5S. The van der Waals surface area contributed by atoms with Crippen LogP contribution in [0.5, 0.6) is 5.75 Å². The van der Waals surface area contributed by atoms with Gasteiger partial charge in [-0.1, -0.05) is 55.8 Å². The Bertz CT molecular complexity index is 1470. The van der Waals surface area contributed by atoms with Crippen LogP contribution in [0.15, 0.2) is 71.6 Å². The van der Waals surface area contributed by atoms with Crippen LogP contribution in [0.3, 0.4) is 0 Å². The van der Waals surface area contributed by atoms with Crippen LogP contribution in [0.25, 0.3) is 0 Å². The summed E-state index contributed by atoms with van der Waals surface area (Å²) >= 11 is 0. The van der Waals surface area contributed by atoms with Crippen molar-refractivity contribution in [3.63, 3.8) is 0 Å². The molecular weight excluding hydrogens is 550 g/mol. The van der Waals surface area contributed by atoms with Gasteiger partial charge in [-0.25, -0.2) is 8.42 Å². The lowest BCUT2D eigenvalue weighted by atomic mass is 10.1. The fraction of sp³-hybridized carbons (Fsp3) is 0.394. The summed E-state index contributed by atoms with van der Waals surface area (Å²) in [4.78, 5) is 29.3. The van der Waals surface area contributed by atoms with E-state index in [-0.39, 0.29) is 23.4 Å². The predicted molar refractivity (Wildman–Crippen MR) is 167 cm³/mol. The SMILES string of the molecule is CCC(C)NC(=O)C(CC)N(Cc1ccc(OC)cc1)C(=O)CN(c1cccc(C)c1C)S(=O)(=O)c1ccc(C)cc1. The molecule has 42 heavy (non-hydrogen) atoms. The quantitative estimate of drug-likeness (QED) is 0.281. The zero-order valence-corrected chi connectivity index (χ0v) is 26.5. The van der Waals surface area contributed by atoms with Crippen molar-refractivity contribution in [3.05, 3.63) is 89.0 Å². The number of nitrogens with zero attached hydrogens (tertiary/aromatic N) is 2. The number of carbonyl (C=O) groups excluding carboxylic acids is 2. The van der Waals surface area contributed by atoms with Gasteiger partial charge < -0.3 is 15.0 Å². The largest absolute Gasteiger partial charge is 0.497 e. The van der Waals surface area contributed by atoms with Crippen molar-refractivity contribution in [3.8, 4) is 5.75 Å². The van der Waals surface area contributed by atoms with Crippen LogP contribution in [0.4, 0.5) is 5.69 Å². The second-order valence-corrected chi connectivity index (χ2v) is 12.5. The van der Waals surface area contributed by atoms with E-state index in [1.807, 2.05) is 59.7 Å². The summed E-state index contributed by atoms with van der Waals surface area (Å²) in [7, 11) is -2.55. The monoisotopic (exact) mass is 593 g/mol. The molecule has 8 nitrogen and oxygen atoms in total. The van der Waals surface area contributed by atoms with Crippen LogP contribution >= 0.6 is 0 Å². The molecule has 3 rings (SSSR count). The van der Waals surface area contributed by atoms with Gasteiger partial charge in [-0.15, -0.1) is 0 Å². The predicted octanol–water partition coefficient (Wildman–Crippen LogP) is 5.54. The minimum Gasteiger partial charge on any atom is -0.497 e. The van der Waals surface area contributed by atoms with Gasteiger partial charge in [0.25, 0.3) is 10.0 Å². The van der Waals surface area contributed by atoms with E-state index in [1.165, 1.54) is 9.21 Å². The lowest BCUT2D eigenvalue weighted by molar-refractivity contribution is -0.140. The fourth-order valence-electron chi connectivity index (χ4n) is 4.64. The van der Waals surface area contributed by atoms with Crippen molar-refractivity contribution in [1.82, 2.24) is 10.2 Å². The zero-order chi connectivity index (χ0) is 31.0. The molecule has 2 unspecified atom stereocenters. The van der Waals surface area contributed by atoms with Gasteiger partial charge in [0, 0.05) is 12.6 Å². The second kappa shape index (κ2) is 14.4. The van der Waals surface area contributed by atoms with Gasteiger partial charge in [-0.05, 0) is 87.6 Å². The highest BCUT2D eigenvalue weighted by atomic mass is 32.2. The molecule has 3 aromatic carbocycles. The smallest absolute Gasteiger partial charge is 0.264 e. The molecule has 2 amide bonds. The Kier molecular flexibility index (Phi) is 11.2. The molecule has 0 heterocycles. The number of hydrogen-bond acceptors (Lipinski definition) is 5. The number of aryl methyl sites for hydroxylation is 2. The van der Waals surface area contributed by atoms with Crippen molar-refractivity contribution in [1.29, 1.82) is 0 Å². The van der Waals surface area contributed by atoms with Crippen molar-refractivity contribution in [2.75, 3.05) is 18.0 Å². The summed E-state index contributed by atoms with van der Waals surface area (Å²) in [6.45, 7) is 11.0. The minimum absolute atomic E-state index is 0.0714. The Morgan fingerprint density at radius 1 is 0.905 bits per heavy atom. The van der Waals surface area contributed by atoms with Crippen LogP contribution in [-0.4, -0.2) is 50.9 Å². The Balaban J connectivity index is 2.09. The number of nitrogens with one attached hydrogen (secondary N) is 1. The topological polar surface area (TPSA) is 96.0 Å². The van der Waals surface area contributed by atoms with E-state index in [0.29, 0.717) is 17.9 Å². The average molecular weight is 594 g/mol. The lowest BCUT2D eigenvalue weighted by Crippen LogP contribution is -2.53. The number of ether oxygens (including phenoxy) is 1. The third-order valence-electron chi connectivity index (χ3n) is 7.63. The molecule has 0 fully saturated rings. The zero-order valence-electron chi connectivity index (χ0n) is 25.7. The highest BCUT2D eigenvalue weighted by Crippen LogP contribution is 2.29. The first-order valence-electron chi connectivity index (χ1n) is 14.3. The molecule has 1 N–H and O–H groups in total. The third kappa shape index (κ3) is 7.70. The van der Waals surface area contributed by atoms with Gasteiger partial charge in [-0.2, -0.15) is 0 Å². The van der Waals surface area contributed by atoms with Crippen molar-refractivity contribution >= 4 is 27.5 Å². The summed E-state index contributed by atoms with van der Waals surface area (Å²) in [6, 6.07) is 18.4. The van der Waals surface area contributed by atoms with Gasteiger partial charge in [-0.3, -0.25) is 13.9 Å². The molecule has 9 heteroatoms. The summed E-state index contributed by atoms with van der Waals surface area (Å²) in [5.41, 5.74) is 3.79. The van der Waals surface area contributed by atoms with Crippen LogP contribution in [0.1, 0.15) is 55.9 Å². The number of amides is 2. The first-order valence-corrected chi connectivity index (χ1v) is 15.7. The van der Waals surface area contributed by atoms with Crippen molar-refractivity contribution < 1.29 is 22.7 Å². The molecule has 0 saturated carbocycles. The highest BCUT2D eigenvalue weighted by molar-refractivity contribution is 7.92. The molecule has 226 valence electrons. The Labute approximate surface area is 250 Å². The third-order valence-corrected chi connectivity index (χ3v) is 9.41. The molecule has 0 bridgehead atoms. The number of carbonyl (C=O) groups is 2. The van der Waals surface area contributed by atoms with Crippen LogP contribution < -0.4 is 14.4 Å². The minimum atomic E-state index is -4.13. The van der Waals surface area contributed by atoms with E-state index in [0.717, 1.165) is 28.7 Å². The second-order valence-electron chi connectivity index (χ2n) is 10.7. The Hall–Kier alpha value is -3.85. The summed E-state index contributed by atoms with van der Waals surface area (Å²) in [6.07, 6.45) is 1.10. The summed E-state index contributed by atoms with van der Waals surface area (Å²) < 4.78 is 34.7. The van der Waals surface area contributed by atoms with Crippen molar-refractivity contribution in [2.24, 2.45) is 0 Å². The van der Waals surface area contributed by atoms with Gasteiger partial charge in [0.05, 0.1) is 17.7 Å². The van der Waals surface area contributed by atoms with Crippen LogP contribution in [-0.2, 0) is 26.2 Å². The normalized spacial score (nSPS) is 12.7. The van der Waals surface area contributed by atoms with Gasteiger partial charge >= 0.3 is 0 Å². The van der Waals surface area contributed by atoms with E-state index < -0.39 is 28.5 Å². The first-order chi connectivity index (χ1) is 19.9. The number of methoxy groups -OCH3 is 1. The maximum Gasteiger partial charge on any atom is 0.264 e. The number of anilines is 1. The highest BCUT2D eigenvalue weighted by Gasteiger charge is 2.34. The maximum atomic E-state index is 14.3. The number of sulfonamides is 1. The molecule has 0 aliphatic rings. The Morgan fingerprint density at radius 2 is 1.55 bits per heavy atom. The van der Waals surface area contributed by atoms with Gasteiger partial charge in [0.2, 0.25) is 11.8 Å². The lowest BCUT2D eigenvalue weighted by Gasteiger charge is -2.34. The fourth-order valence-corrected chi connectivity index (χ4v) is 6.12. The maximum absolute atomic E-state index is 14.3. The van der Waals surface area contributed by atoms with E-state index in [9.17, 15) is 18.0 Å². The number of hydrogen-bond donors (Lipinski definition) is 1. The number of rotatable bonds is 13. The molecule has 0 aromatic heterocycles. The molecule has 0 saturated heterocycles.